The molecule has 1 unspecified atom stereocenters. The Bertz CT molecular complexity index is 1630. The SMILES string of the molecule is CNc1ccc(C(c2ccc(C)c(CN3CCOc4cc5c(C)ccnc5cc4C3)c2)C(C)(C)C(=O)O)c(C)c1N. The maximum absolute atomic E-state index is 12.6. The summed E-state index contributed by atoms with van der Waals surface area (Å²) in [4.78, 5) is 19.6. The summed E-state index contributed by atoms with van der Waals surface area (Å²) in [6.07, 6.45) is 1.85. The highest BCUT2D eigenvalue weighted by Gasteiger charge is 2.40. The van der Waals surface area contributed by atoms with Crippen LogP contribution in [0.25, 0.3) is 10.9 Å². The Balaban J connectivity index is 1.51. The summed E-state index contributed by atoms with van der Waals surface area (Å²) in [7, 11) is 1.84. The highest BCUT2D eigenvalue weighted by Crippen LogP contribution is 2.45. The number of hydrogen-bond donors (Lipinski definition) is 3. The molecule has 2 heterocycles. The number of fused-ring (bicyclic) bond motifs is 2. The van der Waals surface area contributed by atoms with E-state index in [2.05, 4.69) is 59.4 Å². The van der Waals surface area contributed by atoms with Gasteiger partial charge in [-0.15, -0.1) is 0 Å². The first-order valence-electron chi connectivity index (χ1n) is 14.1. The Morgan fingerprint density at radius 1 is 1.12 bits per heavy atom. The highest BCUT2D eigenvalue weighted by atomic mass is 16.5. The minimum Gasteiger partial charge on any atom is -0.492 e. The average molecular weight is 553 g/mol. The number of carbonyl (C=O) groups is 1. The molecule has 1 aliphatic heterocycles. The van der Waals surface area contributed by atoms with E-state index in [9.17, 15) is 9.90 Å². The van der Waals surface area contributed by atoms with E-state index in [1.807, 2.05) is 38.4 Å². The van der Waals surface area contributed by atoms with Gasteiger partial charge in [-0.25, -0.2) is 0 Å². The van der Waals surface area contributed by atoms with E-state index in [1.165, 1.54) is 16.7 Å². The number of rotatable bonds is 7. The van der Waals surface area contributed by atoms with E-state index in [-0.39, 0.29) is 5.92 Å². The first-order chi connectivity index (χ1) is 19.5. The molecule has 3 aromatic carbocycles. The van der Waals surface area contributed by atoms with Crippen molar-refractivity contribution in [1.29, 1.82) is 0 Å². The van der Waals surface area contributed by atoms with Crippen LogP contribution in [0.2, 0.25) is 0 Å². The fourth-order valence-electron chi connectivity index (χ4n) is 6.02. The van der Waals surface area contributed by atoms with Gasteiger partial charge in [-0.05, 0) is 92.3 Å². The van der Waals surface area contributed by atoms with Crippen molar-refractivity contribution in [2.24, 2.45) is 5.41 Å². The first kappa shape index (κ1) is 28.4. The van der Waals surface area contributed by atoms with E-state index in [0.717, 1.165) is 64.2 Å². The van der Waals surface area contributed by atoms with Gasteiger partial charge in [0.25, 0.3) is 0 Å². The monoisotopic (exact) mass is 552 g/mol. The largest absolute Gasteiger partial charge is 0.492 e. The maximum atomic E-state index is 12.6. The highest BCUT2D eigenvalue weighted by molar-refractivity contribution is 5.84. The quantitative estimate of drug-likeness (QED) is 0.227. The molecule has 4 N–H and O–H groups in total. The lowest BCUT2D eigenvalue weighted by Gasteiger charge is -2.34. The Hall–Kier alpha value is -4.10. The van der Waals surface area contributed by atoms with Crippen LogP contribution >= 0.6 is 0 Å². The molecule has 4 aromatic rings. The van der Waals surface area contributed by atoms with Crippen molar-refractivity contribution >= 4 is 28.2 Å². The van der Waals surface area contributed by atoms with Crippen LogP contribution in [0.4, 0.5) is 11.4 Å². The molecule has 0 fully saturated rings. The third-order valence-corrected chi connectivity index (χ3v) is 8.71. The fraction of sp³-hybridized carbons (Fsp3) is 0.353. The zero-order valence-electron chi connectivity index (χ0n) is 24.8. The van der Waals surface area contributed by atoms with Crippen LogP contribution in [0.15, 0.2) is 54.7 Å². The van der Waals surface area contributed by atoms with Gasteiger partial charge in [-0.2, -0.15) is 0 Å². The standard InChI is InChI=1S/C34H40N4O3/c1-20-7-8-23(31(34(4,5)33(39)40)26-9-10-28(36-6)32(35)22(26)3)15-24(20)18-38-13-14-41-30-17-27-21(2)11-12-37-29(27)16-25(30)19-38/h7-12,15-17,31,36H,13-14,18-19,35H2,1-6H3,(H,39,40). The van der Waals surface area contributed by atoms with Crippen LogP contribution < -0.4 is 15.8 Å². The Morgan fingerprint density at radius 3 is 2.63 bits per heavy atom. The van der Waals surface area contributed by atoms with Gasteiger partial charge in [0.2, 0.25) is 0 Å². The van der Waals surface area contributed by atoms with Gasteiger partial charge >= 0.3 is 5.97 Å². The molecule has 1 atom stereocenters. The number of carboxylic acids is 1. The summed E-state index contributed by atoms with van der Waals surface area (Å²) in [6.45, 7) is 12.6. The van der Waals surface area contributed by atoms with E-state index in [0.29, 0.717) is 12.3 Å². The number of carboxylic acid groups (broad SMARTS) is 1. The zero-order chi connectivity index (χ0) is 29.5. The van der Waals surface area contributed by atoms with Crippen LogP contribution in [0, 0.1) is 26.2 Å². The molecule has 214 valence electrons. The molecular formula is C34H40N4O3. The van der Waals surface area contributed by atoms with Crippen molar-refractivity contribution in [1.82, 2.24) is 9.88 Å². The number of ether oxygens (including phenoxy) is 1. The van der Waals surface area contributed by atoms with Crippen molar-refractivity contribution in [3.8, 4) is 5.75 Å². The lowest BCUT2D eigenvalue weighted by Crippen LogP contribution is -2.33. The van der Waals surface area contributed by atoms with E-state index in [4.69, 9.17) is 10.5 Å². The van der Waals surface area contributed by atoms with Gasteiger partial charge in [0, 0.05) is 49.7 Å². The summed E-state index contributed by atoms with van der Waals surface area (Å²) in [5, 5.41) is 14.6. The summed E-state index contributed by atoms with van der Waals surface area (Å²) in [6, 6.07) is 16.6. The van der Waals surface area contributed by atoms with Crippen molar-refractivity contribution in [3.63, 3.8) is 0 Å². The van der Waals surface area contributed by atoms with E-state index < -0.39 is 11.4 Å². The van der Waals surface area contributed by atoms with Gasteiger partial charge < -0.3 is 20.9 Å². The molecule has 0 radical (unpaired) electrons. The summed E-state index contributed by atoms with van der Waals surface area (Å²) in [5.41, 5.74) is 15.3. The summed E-state index contributed by atoms with van der Waals surface area (Å²) >= 11 is 0. The second kappa shape index (κ2) is 11.1. The van der Waals surface area contributed by atoms with Gasteiger partial charge in [0.05, 0.1) is 22.3 Å². The number of nitrogen functional groups attached to an aromatic ring is 1. The van der Waals surface area contributed by atoms with Crippen LogP contribution in [0.1, 0.15) is 58.7 Å². The average Bonchev–Trinajstić information content (AvgIpc) is 3.13. The van der Waals surface area contributed by atoms with Crippen LogP contribution in [0.5, 0.6) is 5.75 Å². The predicted octanol–water partition coefficient (Wildman–Crippen LogP) is 6.42. The molecule has 0 amide bonds. The Morgan fingerprint density at radius 2 is 1.90 bits per heavy atom. The second-order valence-electron chi connectivity index (χ2n) is 11.8. The summed E-state index contributed by atoms with van der Waals surface area (Å²) < 4.78 is 6.19. The number of aromatic nitrogens is 1. The number of aryl methyl sites for hydroxylation is 2. The lowest BCUT2D eigenvalue weighted by atomic mass is 9.69. The third-order valence-electron chi connectivity index (χ3n) is 8.71. The Kier molecular flexibility index (Phi) is 7.66. The molecule has 1 aromatic heterocycles. The number of nitrogens with one attached hydrogen (secondary N) is 1. The molecule has 0 bridgehead atoms. The molecule has 0 saturated carbocycles. The molecular weight excluding hydrogens is 512 g/mol. The summed E-state index contributed by atoms with van der Waals surface area (Å²) in [5.74, 6) is -0.318. The number of aliphatic carboxylic acids is 1. The lowest BCUT2D eigenvalue weighted by molar-refractivity contribution is -0.147. The minimum absolute atomic E-state index is 0.388. The molecule has 0 spiro atoms. The molecule has 7 nitrogen and oxygen atoms in total. The Labute approximate surface area is 242 Å². The number of benzene rings is 3. The van der Waals surface area contributed by atoms with Gasteiger partial charge in [-0.1, -0.05) is 24.3 Å². The molecule has 7 heteroatoms. The van der Waals surface area contributed by atoms with E-state index >= 15 is 0 Å². The molecule has 0 aliphatic carbocycles. The molecule has 41 heavy (non-hydrogen) atoms. The number of pyridine rings is 1. The van der Waals surface area contributed by atoms with Crippen LogP contribution in [-0.4, -0.2) is 41.2 Å². The predicted molar refractivity (Wildman–Crippen MR) is 166 cm³/mol. The second-order valence-corrected chi connectivity index (χ2v) is 11.8. The number of anilines is 2. The number of hydrogen-bond acceptors (Lipinski definition) is 6. The molecule has 1 aliphatic rings. The van der Waals surface area contributed by atoms with Crippen LogP contribution in [-0.2, 0) is 17.9 Å². The third kappa shape index (κ3) is 5.34. The van der Waals surface area contributed by atoms with Crippen molar-refractivity contribution in [2.45, 2.75) is 53.6 Å². The number of nitrogens with two attached hydrogens (primary N) is 1. The van der Waals surface area contributed by atoms with Crippen LogP contribution in [0.3, 0.4) is 0 Å². The van der Waals surface area contributed by atoms with Gasteiger partial charge in [-0.3, -0.25) is 14.7 Å². The van der Waals surface area contributed by atoms with E-state index in [1.54, 1.807) is 13.8 Å². The molecule has 5 rings (SSSR count). The smallest absolute Gasteiger partial charge is 0.310 e. The van der Waals surface area contributed by atoms with Crippen molar-refractivity contribution in [3.05, 3.63) is 93.7 Å². The number of nitrogens with zero attached hydrogens (tertiary/aromatic N) is 2. The normalized spacial score (nSPS) is 14.7. The topological polar surface area (TPSA) is 101 Å². The van der Waals surface area contributed by atoms with Crippen molar-refractivity contribution < 1.29 is 14.6 Å². The minimum atomic E-state index is -1.06. The fourth-order valence-corrected chi connectivity index (χ4v) is 6.02. The maximum Gasteiger partial charge on any atom is 0.310 e. The van der Waals surface area contributed by atoms with Crippen molar-refractivity contribution in [2.75, 3.05) is 31.2 Å². The zero-order valence-corrected chi connectivity index (χ0v) is 24.8. The van der Waals surface area contributed by atoms with Gasteiger partial charge in [0.1, 0.15) is 12.4 Å². The van der Waals surface area contributed by atoms with Gasteiger partial charge in [0.15, 0.2) is 0 Å². The molecule has 0 saturated heterocycles. The first-order valence-corrected chi connectivity index (χ1v) is 14.1.